The van der Waals surface area contributed by atoms with Crippen LogP contribution in [0.5, 0.6) is 0 Å². The molecule has 1 rings (SSSR count). The van der Waals surface area contributed by atoms with Gasteiger partial charge in [-0.15, -0.1) is 11.3 Å². The van der Waals surface area contributed by atoms with Crippen LogP contribution in [-0.2, 0) is 11.3 Å². The van der Waals surface area contributed by atoms with Crippen molar-refractivity contribution in [3.05, 3.63) is 22.4 Å². The molecule has 0 aliphatic carbocycles. The van der Waals surface area contributed by atoms with Crippen molar-refractivity contribution in [2.75, 3.05) is 33.8 Å². The van der Waals surface area contributed by atoms with Crippen molar-refractivity contribution in [3.63, 3.8) is 0 Å². The van der Waals surface area contributed by atoms with Crippen molar-refractivity contribution in [3.8, 4) is 0 Å². The second-order valence-electron chi connectivity index (χ2n) is 4.14. The molecule has 5 heteroatoms. The smallest absolute Gasteiger partial charge is 0.236 e. The summed E-state index contributed by atoms with van der Waals surface area (Å²) in [6, 6.07) is 4.02. The van der Waals surface area contributed by atoms with Crippen molar-refractivity contribution in [2.24, 2.45) is 0 Å². The summed E-state index contributed by atoms with van der Waals surface area (Å²) in [5, 5.41) is 10.7. The lowest BCUT2D eigenvalue weighted by molar-refractivity contribution is -0.131. The molecule has 96 valence electrons. The molecule has 0 spiro atoms. The van der Waals surface area contributed by atoms with Gasteiger partial charge in [0.05, 0.1) is 13.1 Å². The number of carbonyl (C=O) groups is 1. The molecule has 0 aliphatic rings. The van der Waals surface area contributed by atoms with E-state index in [9.17, 15) is 4.79 Å². The fourth-order valence-corrected chi connectivity index (χ4v) is 2.25. The van der Waals surface area contributed by atoms with E-state index in [-0.39, 0.29) is 12.5 Å². The minimum Gasteiger partial charge on any atom is -0.396 e. The summed E-state index contributed by atoms with van der Waals surface area (Å²) < 4.78 is 0. The summed E-state index contributed by atoms with van der Waals surface area (Å²) in [5.74, 6) is 0.110. The highest BCUT2D eigenvalue weighted by molar-refractivity contribution is 7.09. The number of hydrogen-bond acceptors (Lipinski definition) is 4. The van der Waals surface area contributed by atoms with Crippen LogP contribution in [0.4, 0.5) is 0 Å². The van der Waals surface area contributed by atoms with E-state index in [0.717, 1.165) is 6.54 Å². The fourth-order valence-electron chi connectivity index (χ4n) is 1.50. The molecule has 0 fully saturated rings. The first-order chi connectivity index (χ1) is 8.13. The van der Waals surface area contributed by atoms with E-state index in [0.29, 0.717) is 19.5 Å². The van der Waals surface area contributed by atoms with Gasteiger partial charge in [-0.3, -0.25) is 9.69 Å². The molecule has 0 unspecified atom stereocenters. The zero-order chi connectivity index (χ0) is 12.7. The lowest BCUT2D eigenvalue weighted by atomic mass is 10.3. The van der Waals surface area contributed by atoms with Gasteiger partial charge in [0.2, 0.25) is 5.91 Å². The zero-order valence-corrected chi connectivity index (χ0v) is 11.2. The van der Waals surface area contributed by atoms with Crippen molar-refractivity contribution >= 4 is 17.2 Å². The molecule has 0 saturated heterocycles. The predicted octanol–water partition coefficient (Wildman–Crippen LogP) is 1.02. The fraction of sp³-hybridized carbons (Fsp3) is 0.583. The topological polar surface area (TPSA) is 43.8 Å². The van der Waals surface area contributed by atoms with Gasteiger partial charge in [-0.2, -0.15) is 0 Å². The third-order valence-electron chi connectivity index (χ3n) is 2.50. The predicted molar refractivity (Wildman–Crippen MR) is 70.0 cm³/mol. The van der Waals surface area contributed by atoms with Crippen LogP contribution in [0.2, 0.25) is 0 Å². The van der Waals surface area contributed by atoms with Gasteiger partial charge in [0.1, 0.15) is 0 Å². The van der Waals surface area contributed by atoms with Gasteiger partial charge >= 0.3 is 0 Å². The molecule has 1 aromatic heterocycles. The Morgan fingerprint density at radius 1 is 1.47 bits per heavy atom. The highest BCUT2D eigenvalue weighted by Crippen LogP contribution is 2.10. The molecule has 1 heterocycles. The molecule has 0 aliphatic heterocycles. The Morgan fingerprint density at radius 3 is 2.82 bits per heavy atom. The molecule has 0 atom stereocenters. The van der Waals surface area contributed by atoms with Gasteiger partial charge in [0.25, 0.3) is 0 Å². The SMILES string of the molecule is CN(CCCO)CC(=O)N(C)Cc1cccs1. The summed E-state index contributed by atoms with van der Waals surface area (Å²) in [4.78, 5) is 16.7. The molecule has 1 aromatic rings. The number of aliphatic hydroxyl groups excluding tert-OH is 1. The highest BCUT2D eigenvalue weighted by Gasteiger charge is 2.12. The summed E-state index contributed by atoms with van der Waals surface area (Å²) in [6.07, 6.45) is 0.707. The number of carbonyl (C=O) groups excluding carboxylic acids is 1. The van der Waals surface area contributed by atoms with E-state index in [1.807, 2.05) is 36.5 Å². The Balaban J connectivity index is 2.31. The average Bonchev–Trinajstić information content (AvgIpc) is 2.78. The molecule has 0 bridgehead atoms. The second-order valence-corrected chi connectivity index (χ2v) is 5.18. The number of likely N-dealkylation sites (N-methyl/N-ethyl adjacent to an activating group) is 2. The molecular weight excluding hydrogens is 236 g/mol. The van der Waals surface area contributed by atoms with Crippen molar-refractivity contribution in [1.82, 2.24) is 9.80 Å². The molecular formula is C12H20N2O2S. The summed E-state index contributed by atoms with van der Waals surface area (Å²) in [5.41, 5.74) is 0. The van der Waals surface area contributed by atoms with E-state index in [1.54, 1.807) is 16.2 Å². The van der Waals surface area contributed by atoms with Gasteiger partial charge in [0.15, 0.2) is 0 Å². The molecule has 0 aromatic carbocycles. The van der Waals surface area contributed by atoms with E-state index in [1.165, 1.54) is 4.88 Å². The van der Waals surface area contributed by atoms with Crippen molar-refractivity contribution in [2.45, 2.75) is 13.0 Å². The van der Waals surface area contributed by atoms with E-state index >= 15 is 0 Å². The monoisotopic (exact) mass is 256 g/mol. The first kappa shape index (κ1) is 14.2. The van der Waals surface area contributed by atoms with Crippen LogP contribution in [0.1, 0.15) is 11.3 Å². The van der Waals surface area contributed by atoms with Gasteiger partial charge in [-0.1, -0.05) is 6.07 Å². The Morgan fingerprint density at radius 2 is 2.24 bits per heavy atom. The number of hydrogen-bond donors (Lipinski definition) is 1. The first-order valence-corrected chi connectivity index (χ1v) is 6.57. The Hall–Kier alpha value is -0.910. The standard InChI is InChI=1S/C12H20N2O2S/c1-13(6-4-7-15)10-12(16)14(2)9-11-5-3-8-17-11/h3,5,8,15H,4,6-7,9-10H2,1-2H3. The summed E-state index contributed by atoms with van der Waals surface area (Å²) >= 11 is 1.66. The molecule has 1 amide bonds. The molecule has 0 saturated carbocycles. The molecule has 4 nitrogen and oxygen atoms in total. The minimum atomic E-state index is 0.110. The van der Waals surface area contributed by atoms with Crippen LogP contribution in [-0.4, -0.2) is 54.6 Å². The van der Waals surface area contributed by atoms with Crippen LogP contribution in [0.25, 0.3) is 0 Å². The first-order valence-electron chi connectivity index (χ1n) is 5.69. The van der Waals surface area contributed by atoms with Crippen molar-refractivity contribution in [1.29, 1.82) is 0 Å². The summed E-state index contributed by atoms with van der Waals surface area (Å²) in [6.45, 7) is 1.99. The number of nitrogens with zero attached hydrogens (tertiary/aromatic N) is 2. The Bertz CT molecular complexity index is 327. The highest BCUT2D eigenvalue weighted by atomic mass is 32.1. The third kappa shape index (κ3) is 5.30. The Labute approximate surface area is 106 Å². The number of amides is 1. The largest absolute Gasteiger partial charge is 0.396 e. The molecule has 0 radical (unpaired) electrons. The van der Waals surface area contributed by atoms with Crippen LogP contribution >= 0.6 is 11.3 Å². The maximum atomic E-state index is 11.9. The Kier molecular flexibility index (Phi) is 6.18. The van der Waals surface area contributed by atoms with Gasteiger partial charge in [-0.25, -0.2) is 0 Å². The molecule has 17 heavy (non-hydrogen) atoms. The number of rotatable bonds is 7. The lowest BCUT2D eigenvalue weighted by Gasteiger charge is -2.21. The normalized spacial score (nSPS) is 10.8. The molecule has 1 N–H and O–H groups in total. The average molecular weight is 256 g/mol. The van der Waals surface area contributed by atoms with E-state index in [2.05, 4.69) is 0 Å². The maximum Gasteiger partial charge on any atom is 0.236 e. The van der Waals surface area contributed by atoms with Gasteiger partial charge in [0, 0.05) is 25.1 Å². The van der Waals surface area contributed by atoms with Crippen LogP contribution in [0, 0.1) is 0 Å². The van der Waals surface area contributed by atoms with Crippen LogP contribution in [0.3, 0.4) is 0 Å². The van der Waals surface area contributed by atoms with E-state index < -0.39 is 0 Å². The van der Waals surface area contributed by atoms with E-state index in [4.69, 9.17) is 5.11 Å². The van der Waals surface area contributed by atoms with Gasteiger partial charge in [-0.05, 0) is 24.9 Å². The maximum absolute atomic E-state index is 11.9. The zero-order valence-electron chi connectivity index (χ0n) is 10.4. The number of aliphatic hydroxyl groups is 1. The summed E-state index contributed by atoms with van der Waals surface area (Å²) in [7, 11) is 3.72. The van der Waals surface area contributed by atoms with Crippen molar-refractivity contribution < 1.29 is 9.90 Å². The minimum absolute atomic E-state index is 0.110. The second kappa shape index (κ2) is 7.42. The van der Waals surface area contributed by atoms with Crippen LogP contribution < -0.4 is 0 Å². The number of thiophene rings is 1. The lowest BCUT2D eigenvalue weighted by Crippen LogP contribution is -2.36. The third-order valence-corrected chi connectivity index (χ3v) is 3.36. The quantitative estimate of drug-likeness (QED) is 0.792. The van der Waals surface area contributed by atoms with Crippen LogP contribution in [0.15, 0.2) is 17.5 Å². The van der Waals surface area contributed by atoms with Gasteiger partial charge < -0.3 is 10.0 Å².